The van der Waals surface area contributed by atoms with E-state index in [2.05, 4.69) is 15.3 Å². The first-order valence-corrected chi connectivity index (χ1v) is 9.85. The molecule has 2 N–H and O–H groups in total. The van der Waals surface area contributed by atoms with Gasteiger partial charge in [-0.05, 0) is 18.9 Å². The average Bonchev–Trinajstić information content (AvgIpc) is 3.04. The summed E-state index contributed by atoms with van der Waals surface area (Å²) in [5, 5.41) is 3.15. The van der Waals surface area contributed by atoms with Gasteiger partial charge in [0.1, 0.15) is 0 Å². The molecule has 2 heterocycles. The Morgan fingerprint density at radius 1 is 1.38 bits per heavy atom. The lowest BCUT2D eigenvalue weighted by molar-refractivity contribution is -0.120. The molecule has 1 aliphatic rings. The Bertz CT molecular complexity index is 777. The van der Waals surface area contributed by atoms with Gasteiger partial charge in [0.05, 0.1) is 10.9 Å². The molecule has 1 amide bonds. The number of benzene rings is 1. The van der Waals surface area contributed by atoms with Crippen molar-refractivity contribution >= 4 is 29.4 Å². The first-order valence-electron chi connectivity index (χ1n) is 7.81. The molecule has 0 saturated carbocycles. The number of amides is 1. The van der Waals surface area contributed by atoms with Crippen LogP contribution in [0.3, 0.4) is 0 Å². The van der Waals surface area contributed by atoms with Gasteiger partial charge in [0.15, 0.2) is 5.16 Å². The molecule has 1 aromatic carbocycles. The molecule has 0 saturated heterocycles. The second-order valence-corrected chi connectivity index (χ2v) is 7.89. The Morgan fingerprint density at radius 2 is 2.17 bits per heavy atom. The lowest BCUT2D eigenvalue weighted by atomic mass is 10.1. The third-order valence-electron chi connectivity index (χ3n) is 3.78. The molecule has 1 atom stereocenters. The number of rotatable bonds is 6. The minimum absolute atomic E-state index is 0.0477. The molecule has 5 nitrogen and oxygen atoms in total. The fourth-order valence-electron chi connectivity index (χ4n) is 2.43. The number of aromatic nitrogens is 2. The first-order chi connectivity index (χ1) is 11.6. The van der Waals surface area contributed by atoms with E-state index in [0.717, 1.165) is 29.2 Å². The summed E-state index contributed by atoms with van der Waals surface area (Å²) in [5.74, 6) is 1.44. The van der Waals surface area contributed by atoms with Crippen molar-refractivity contribution in [3.05, 3.63) is 57.5 Å². The van der Waals surface area contributed by atoms with Gasteiger partial charge in [-0.1, -0.05) is 42.1 Å². The average molecular weight is 361 g/mol. The van der Waals surface area contributed by atoms with E-state index in [1.165, 1.54) is 17.3 Å². The zero-order valence-electron chi connectivity index (χ0n) is 13.4. The summed E-state index contributed by atoms with van der Waals surface area (Å²) >= 11 is 2.98. The van der Waals surface area contributed by atoms with E-state index in [1.807, 2.05) is 37.3 Å². The summed E-state index contributed by atoms with van der Waals surface area (Å²) in [6.45, 7) is 2.42. The predicted octanol–water partition coefficient (Wildman–Crippen LogP) is 2.36. The lowest BCUT2D eigenvalue weighted by Crippen LogP contribution is -2.32. The highest BCUT2D eigenvalue weighted by Crippen LogP contribution is 2.27. The van der Waals surface area contributed by atoms with Crippen molar-refractivity contribution < 1.29 is 4.79 Å². The van der Waals surface area contributed by atoms with Crippen LogP contribution in [-0.4, -0.2) is 27.7 Å². The minimum Gasteiger partial charge on any atom is -0.355 e. The van der Waals surface area contributed by atoms with E-state index < -0.39 is 0 Å². The Hall–Kier alpha value is -1.73. The Kier molecular flexibility index (Phi) is 5.63. The van der Waals surface area contributed by atoms with Crippen molar-refractivity contribution in [3.8, 4) is 0 Å². The zero-order valence-corrected chi connectivity index (χ0v) is 15.0. The van der Waals surface area contributed by atoms with Crippen molar-refractivity contribution in [2.45, 2.75) is 35.3 Å². The summed E-state index contributed by atoms with van der Waals surface area (Å²) < 4.78 is 0. The maximum absolute atomic E-state index is 12.2. The van der Waals surface area contributed by atoms with E-state index in [1.54, 1.807) is 11.8 Å². The molecular weight excluding hydrogens is 342 g/mol. The number of hydrogen-bond acceptors (Lipinski definition) is 5. The molecule has 24 heavy (non-hydrogen) atoms. The summed E-state index contributed by atoms with van der Waals surface area (Å²) in [4.78, 5) is 31.4. The van der Waals surface area contributed by atoms with Crippen molar-refractivity contribution in [3.63, 3.8) is 0 Å². The number of aromatic amines is 1. The van der Waals surface area contributed by atoms with Crippen LogP contribution in [0.4, 0.5) is 0 Å². The quantitative estimate of drug-likeness (QED) is 0.610. The van der Waals surface area contributed by atoms with E-state index >= 15 is 0 Å². The molecule has 2 aromatic rings. The van der Waals surface area contributed by atoms with Crippen LogP contribution >= 0.6 is 23.5 Å². The summed E-state index contributed by atoms with van der Waals surface area (Å²) in [5.41, 5.74) is 2.73. The maximum Gasteiger partial charge on any atom is 0.255 e. The second-order valence-electron chi connectivity index (χ2n) is 5.58. The van der Waals surface area contributed by atoms with Crippen LogP contribution in [0.2, 0.25) is 0 Å². The third-order valence-corrected chi connectivity index (χ3v) is 5.73. The van der Waals surface area contributed by atoms with E-state index in [0.29, 0.717) is 11.7 Å². The molecule has 0 bridgehead atoms. The van der Waals surface area contributed by atoms with Crippen molar-refractivity contribution in [1.82, 2.24) is 15.3 Å². The highest BCUT2D eigenvalue weighted by Gasteiger charge is 2.20. The van der Waals surface area contributed by atoms with Crippen LogP contribution in [0.5, 0.6) is 0 Å². The van der Waals surface area contributed by atoms with Gasteiger partial charge in [-0.3, -0.25) is 9.59 Å². The number of thioether (sulfide) groups is 2. The van der Waals surface area contributed by atoms with Gasteiger partial charge in [-0.2, -0.15) is 11.8 Å². The van der Waals surface area contributed by atoms with Crippen LogP contribution in [0, 0.1) is 0 Å². The predicted molar refractivity (Wildman–Crippen MR) is 98.3 cm³/mol. The molecule has 1 unspecified atom stereocenters. The number of fused-ring (bicyclic) bond motifs is 1. The Morgan fingerprint density at radius 3 is 2.96 bits per heavy atom. The van der Waals surface area contributed by atoms with Crippen molar-refractivity contribution in [2.24, 2.45) is 0 Å². The maximum atomic E-state index is 12.2. The number of hydrogen-bond donors (Lipinski definition) is 2. The molecule has 3 rings (SSSR count). The van der Waals surface area contributed by atoms with Crippen LogP contribution in [0.1, 0.15) is 23.7 Å². The minimum atomic E-state index is -0.309. The highest BCUT2D eigenvalue weighted by atomic mass is 32.2. The van der Waals surface area contributed by atoms with Crippen molar-refractivity contribution in [2.75, 3.05) is 6.54 Å². The van der Waals surface area contributed by atoms with E-state index in [9.17, 15) is 9.59 Å². The molecule has 0 radical (unpaired) electrons. The Balaban J connectivity index is 1.53. The summed E-state index contributed by atoms with van der Waals surface area (Å²) in [7, 11) is 0. The molecular formula is C17H19N3O2S2. The molecule has 1 aliphatic heterocycles. The molecule has 0 fully saturated rings. The Labute approximate surface area is 149 Å². The molecule has 0 spiro atoms. The number of H-pyrrole nitrogens is 1. The standard InChI is InChI=1S/C17H19N3O2S2/c1-11(15(21)18-8-7-12-5-3-2-4-6-12)24-17-19-14-10-23-9-13(14)16(22)20-17/h2-6,11H,7-10H2,1H3,(H,18,21)(H,19,20,22). The van der Waals surface area contributed by atoms with Gasteiger partial charge in [0, 0.05) is 23.6 Å². The molecule has 1 aromatic heterocycles. The van der Waals surface area contributed by atoms with Crippen LogP contribution < -0.4 is 10.9 Å². The van der Waals surface area contributed by atoms with Gasteiger partial charge in [-0.15, -0.1) is 0 Å². The number of carbonyl (C=O) groups is 1. The normalized spacial score (nSPS) is 14.2. The second kappa shape index (κ2) is 7.90. The van der Waals surface area contributed by atoms with Gasteiger partial charge in [0.25, 0.3) is 5.56 Å². The van der Waals surface area contributed by atoms with Crippen LogP contribution in [-0.2, 0) is 22.7 Å². The van der Waals surface area contributed by atoms with Crippen LogP contribution in [0.25, 0.3) is 0 Å². The molecule has 7 heteroatoms. The summed E-state index contributed by atoms with van der Waals surface area (Å²) in [6.07, 6.45) is 0.801. The van der Waals surface area contributed by atoms with Gasteiger partial charge < -0.3 is 10.3 Å². The van der Waals surface area contributed by atoms with Crippen molar-refractivity contribution in [1.29, 1.82) is 0 Å². The fraction of sp³-hybridized carbons (Fsp3) is 0.353. The number of carbonyl (C=O) groups excluding carboxylic acids is 1. The smallest absolute Gasteiger partial charge is 0.255 e. The van der Waals surface area contributed by atoms with E-state index in [-0.39, 0.29) is 16.7 Å². The number of nitrogens with zero attached hydrogens (tertiary/aromatic N) is 1. The third kappa shape index (κ3) is 4.21. The highest BCUT2D eigenvalue weighted by molar-refractivity contribution is 8.00. The molecule has 126 valence electrons. The lowest BCUT2D eigenvalue weighted by Gasteiger charge is -2.12. The summed E-state index contributed by atoms with van der Waals surface area (Å²) in [6, 6.07) is 10.0. The van der Waals surface area contributed by atoms with Crippen LogP contribution in [0.15, 0.2) is 40.3 Å². The fourth-order valence-corrected chi connectivity index (χ4v) is 4.31. The first kappa shape index (κ1) is 17.1. The number of nitrogens with one attached hydrogen (secondary N) is 2. The van der Waals surface area contributed by atoms with Gasteiger partial charge in [0.2, 0.25) is 5.91 Å². The zero-order chi connectivity index (χ0) is 16.9. The molecule has 0 aliphatic carbocycles. The topological polar surface area (TPSA) is 74.8 Å². The van der Waals surface area contributed by atoms with Gasteiger partial charge >= 0.3 is 0 Å². The van der Waals surface area contributed by atoms with Gasteiger partial charge in [-0.25, -0.2) is 4.98 Å². The SMILES string of the molecule is CC(Sc1nc2c(c(=O)[nH]1)CSC2)C(=O)NCCc1ccccc1. The monoisotopic (exact) mass is 361 g/mol. The van der Waals surface area contributed by atoms with E-state index in [4.69, 9.17) is 0 Å². The largest absolute Gasteiger partial charge is 0.355 e.